The van der Waals surface area contributed by atoms with Crippen molar-refractivity contribution >= 4 is 16.8 Å². The first-order valence-corrected chi connectivity index (χ1v) is 7.81. The zero-order valence-corrected chi connectivity index (χ0v) is 12.7. The topological polar surface area (TPSA) is 110 Å². The highest BCUT2D eigenvalue weighted by Crippen LogP contribution is 2.32. The van der Waals surface area contributed by atoms with Crippen molar-refractivity contribution in [1.82, 2.24) is 14.9 Å². The van der Waals surface area contributed by atoms with Crippen molar-refractivity contribution in [2.45, 2.75) is 31.8 Å². The Hall–Kier alpha value is -2.41. The number of H-pyrrole nitrogens is 1. The zero-order chi connectivity index (χ0) is 16.4. The molecule has 0 radical (unpaired) electrons. The first-order valence-electron chi connectivity index (χ1n) is 7.81. The molecule has 1 aliphatic rings. The molecule has 122 valence electrons. The molecule has 23 heavy (non-hydrogen) atoms. The van der Waals surface area contributed by atoms with E-state index in [4.69, 9.17) is 5.73 Å². The molecule has 3 rings (SSSR count). The molecule has 4 N–H and O–H groups in total. The van der Waals surface area contributed by atoms with E-state index in [1.807, 2.05) is 0 Å². The molecule has 1 aromatic carbocycles. The average Bonchev–Trinajstić information content (AvgIpc) is 3.37. The molecule has 1 amide bonds. The minimum atomic E-state index is -0.501. The van der Waals surface area contributed by atoms with Crippen molar-refractivity contribution in [3.05, 3.63) is 45.1 Å². The summed E-state index contributed by atoms with van der Waals surface area (Å²) in [5.74, 6) is 0.357. The molecule has 1 aliphatic carbocycles. The molecule has 0 bridgehead atoms. The Kier molecular flexibility index (Phi) is 4.29. The lowest BCUT2D eigenvalue weighted by Gasteiger charge is -2.16. The second-order valence-corrected chi connectivity index (χ2v) is 5.93. The Morgan fingerprint density at radius 3 is 2.78 bits per heavy atom. The molecule has 2 aromatic rings. The van der Waals surface area contributed by atoms with Crippen LogP contribution >= 0.6 is 0 Å². The number of amides is 1. The molecule has 0 aliphatic heterocycles. The maximum Gasteiger partial charge on any atom is 0.328 e. The largest absolute Gasteiger partial charge is 0.352 e. The number of fused-ring (bicyclic) bond motifs is 1. The van der Waals surface area contributed by atoms with Crippen molar-refractivity contribution in [1.29, 1.82) is 0 Å². The summed E-state index contributed by atoms with van der Waals surface area (Å²) in [6.45, 7) is 0.641. The summed E-state index contributed by atoms with van der Waals surface area (Å²) in [4.78, 5) is 38.2. The van der Waals surface area contributed by atoms with Gasteiger partial charge in [0, 0.05) is 25.6 Å². The lowest BCUT2D eigenvalue weighted by atomic mass is 10.2. The molecular formula is C16H20N4O3. The number of nitrogens with two attached hydrogens (primary N) is 1. The van der Waals surface area contributed by atoms with Gasteiger partial charge in [0.05, 0.1) is 10.9 Å². The van der Waals surface area contributed by atoms with Gasteiger partial charge in [0.2, 0.25) is 5.91 Å². The number of nitrogens with one attached hydrogen (secondary N) is 2. The van der Waals surface area contributed by atoms with Gasteiger partial charge in [-0.3, -0.25) is 19.1 Å². The minimum absolute atomic E-state index is 0.0200. The van der Waals surface area contributed by atoms with Gasteiger partial charge in [0.1, 0.15) is 0 Å². The second-order valence-electron chi connectivity index (χ2n) is 5.93. The molecule has 0 spiro atoms. The monoisotopic (exact) mass is 316 g/mol. The van der Waals surface area contributed by atoms with Crippen LogP contribution in [-0.4, -0.2) is 28.0 Å². The fourth-order valence-corrected chi connectivity index (χ4v) is 2.82. The smallest absolute Gasteiger partial charge is 0.328 e. The van der Waals surface area contributed by atoms with E-state index in [9.17, 15) is 14.4 Å². The zero-order valence-electron chi connectivity index (χ0n) is 12.7. The number of benzene rings is 1. The van der Waals surface area contributed by atoms with Crippen LogP contribution in [0, 0.1) is 5.92 Å². The van der Waals surface area contributed by atoms with Crippen LogP contribution in [0.1, 0.15) is 19.3 Å². The summed E-state index contributed by atoms with van der Waals surface area (Å²) in [5.41, 5.74) is 5.29. The van der Waals surface area contributed by atoms with Crippen LogP contribution in [0.4, 0.5) is 0 Å². The standard InChI is InChI=1S/C16H20N4O3/c17-9-12(10-5-6-10)18-14(21)7-8-20-13-4-2-1-3-11(13)15(22)19-16(20)23/h1-4,10,12H,5-9,17H2,(H,18,21)(H,19,22,23). The van der Waals surface area contributed by atoms with Gasteiger partial charge in [0.25, 0.3) is 5.56 Å². The molecule has 1 fully saturated rings. The molecule has 1 atom stereocenters. The van der Waals surface area contributed by atoms with Crippen LogP contribution < -0.4 is 22.3 Å². The highest BCUT2D eigenvalue weighted by Gasteiger charge is 2.31. The number of rotatable bonds is 6. The Morgan fingerprint density at radius 2 is 2.09 bits per heavy atom. The molecule has 0 saturated heterocycles. The normalized spacial score (nSPS) is 15.5. The second kappa shape index (κ2) is 6.37. The van der Waals surface area contributed by atoms with Gasteiger partial charge in [0.15, 0.2) is 0 Å². The molecular weight excluding hydrogens is 296 g/mol. The molecule has 7 nitrogen and oxygen atoms in total. The molecule has 1 unspecified atom stereocenters. The van der Waals surface area contributed by atoms with Gasteiger partial charge in [-0.2, -0.15) is 0 Å². The van der Waals surface area contributed by atoms with E-state index in [1.54, 1.807) is 24.3 Å². The first-order chi connectivity index (χ1) is 11.1. The number of hydrogen-bond donors (Lipinski definition) is 3. The number of hydrogen-bond acceptors (Lipinski definition) is 4. The number of aromatic amines is 1. The van der Waals surface area contributed by atoms with Gasteiger partial charge in [-0.15, -0.1) is 0 Å². The van der Waals surface area contributed by atoms with E-state index in [0.717, 1.165) is 12.8 Å². The third-order valence-corrected chi connectivity index (χ3v) is 4.26. The number of para-hydroxylation sites is 1. The number of nitrogens with zero attached hydrogens (tertiary/aromatic N) is 1. The van der Waals surface area contributed by atoms with E-state index < -0.39 is 11.2 Å². The summed E-state index contributed by atoms with van der Waals surface area (Å²) in [6.07, 6.45) is 2.37. The SMILES string of the molecule is NCC(NC(=O)CCn1c(=O)[nH]c(=O)c2ccccc21)C1CC1. The Bertz CT molecular complexity index is 835. The summed E-state index contributed by atoms with van der Waals surface area (Å²) >= 11 is 0. The van der Waals surface area contributed by atoms with Crippen LogP contribution in [0.2, 0.25) is 0 Å². The van der Waals surface area contributed by atoms with Crippen molar-refractivity contribution in [3.63, 3.8) is 0 Å². The lowest BCUT2D eigenvalue weighted by molar-refractivity contribution is -0.122. The quantitative estimate of drug-likeness (QED) is 0.693. The molecule has 1 aromatic heterocycles. The van der Waals surface area contributed by atoms with E-state index in [-0.39, 0.29) is 24.9 Å². The Balaban J connectivity index is 1.75. The van der Waals surface area contributed by atoms with Crippen LogP contribution in [0.15, 0.2) is 33.9 Å². The van der Waals surface area contributed by atoms with Gasteiger partial charge in [-0.05, 0) is 30.9 Å². The Morgan fingerprint density at radius 1 is 1.35 bits per heavy atom. The third-order valence-electron chi connectivity index (χ3n) is 4.26. The van der Waals surface area contributed by atoms with Gasteiger partial charge in [-0.1, -0.05) is 12.1 Å². The summed E-state index contributed by atoms with van der Waals surface area (Å²) in [5, 5.41) is 3.36. The van der Waals surface area contributed by atoms with Crippen molar-refractivity contribution in [2.75, 3.05) is 6.54 Å². The van der Waals surface area contributed by atoms with Crippen molar-refractivity contribution < 1.29 is 4.79 Å². The number of carbonyl (C=O) groups excluding carboxylic acids is 1. The molecule has 1 heterocycles. The van der Waals surface area contributed by atoms with Crippen LogP contribution in [0.25, 0.3) is 10.9 Å². The predicted octanol–water partition coefficient (Wildman–Crippen LogP) is -0.0666. The number of aromatic nitrogens is 2. The summed E-state index contributed by atoms with van der Waals surface area (Å²) in [7, 11) is 0. The van der Waals surface area contributed by atoms with Gasteiger partial charge < -0.3 is 11.1 Å². The number of carbonyl (C=O) groups is 1. The molecule has 7 heteroatoms. The summed E-state index contributed by atoms with van der Waals surface area (Å²) < 4.78 is 1.42. The maximum atomic E-state index is 12.1. The average molecular weight is 316 g/mol. The third kappa shape index (κ3) is 3.34. The van der Waals surface area contributed by atoms with E-state index >= 15 is 0 Å². The van der Waals surface area contributed by atoms with Gasteiger partial charge in [-0.25, -0.2) is 4.79 Å². The fourth-order valence-electron chi connectivity index (χ4n) is 2.82. The maximum absolute atomic E-state index is 12.1. The number of aryl methyl sites for hydroxylation is 1. The minimum Gasteiger partial charge on any atom is -0.352 e. The van der Waals surface area contributed by atoms with E-state index in [1.165, 1.54) is 4.57 Å². The van der Waals surface area contributed by atoms with Crippen LogP contribution in [-0.2, 0) is 11.3 Å². The van der Waals surface area contributed by atoms with Crippen molar-refractivity contribution in [2.24, 2.45) is 11.7 Å². The first kappa shape index (κ1) is 15.5. The highest BCUT2D eigenvalue weighted by atomic mass is 16.2. The van der Waals surface area contributed by atoms with E-state index in [2.05, 4.69) is 10.3 Å². The highest BCUT2D eigenvalue weighted by molar-refractivity contribution is 5.79. The summed E-state index contributed by atoms with van der Waals surface area (Å²) in [6, 6.07) is 6.88. The molecule has 1 saturated carbocycles. The van der Waals surface area contributed by atoms with E-state index in [0.29, 0.717) is 23.4 Å². The van der Waals surface area contributed by atoms with Crippen LogP contribution in [0.5, 0.6) is 0 Å². The lowest BCUT2D eigenvalue weighted by Crippen LogP contribution is -2.42. The Labute approximate surface area is 132 Å². The van der Waals surface area contributed by atoms with Crippen molar-refractivity contribution in [3.8, 4) is 0 Å². The van der Waals surface area contributed by atoms with Gasteiger partial charge >= 0.3 is 5.69 Å². The predicted molar refractivity (Wildman–Crippen MR) is 87.2 cm³/mol. The fraction of sp³-hybridized carbons (Fsp3) is 0.438. The van der Waals surface area contributed by atoms with Crippen LogP contribution in [0.3, 0.4) is 0 Å².